The molecule has 1 rings (SSSR count). The van der Waals surface area contributed by atoms with Gasteiger partial charge in [0.25, 0.3) is 0 Å². The van der Waals surface area contributed by atoms with Crippen molar-refractivity contribution in [2.45, 2.75) is 29.9 Å². The van der Waals surface area contributed by atoms with Gasteiger partial charge in [-0.2, -0.15) is 0 Å². The molecule has 0 N–H and O–H groups in total. The molecule has 1 aliphatic heterocycles. The van der Waals surface area contributed by atoms with Crippen molar-refractivity contribution in [1.82, 2.24) is 0 Å². The van der Waals surface area contributed by atoms with Gasteiger partial charge in [-0.1, -0.05) is 0 Å². The van der Waals surface area contributed by atoms with Crippen molar-refractivity contribution < 1.29 is 3.83 Å². The summed E-state index contributed by atoms with van der Waals surface area (Å²) in [6.07, 6.45) is 3.78. The van der Waals surface area contributed by atoms with Crippen molar-refractivity contribution in [1.29, 1.82) is 0 Å². The van der Waals surface area contributed by atoms with E-state index in [0.29, 0.717) is 0 Å². The molecule has 7 heavy (non-hydrogen) atoms. The Morgan fingerprint density at radius 3 is 1.86 bits per heavy atom. The molecule has 1 saturated heterocycles. The average molecular weight is 165 g/mol. The Balaban J connectivity index is 2.25. The standard InChI is InChI=1S/C5H10OSe/c6-7-4-2-1-3-5-7/h1-5H2. The molecule has 1 nitrogen and oxygen atoms in total. The van der Waals surface area contributed by atoms with Crippen LogP contribution in [-0.2, 0) is 3.83 Å². The Kier molecular flexibility index (Phi) is 2.01. The molecular weight excluding hydrogens is 155 g/mol. The van der Waals surface area contributed by atoms with Crippen LogP contribution in [0.15, 0.2) is 0 Å². The quantitative estimate of drug-likeness (QED) is 0.498. The van der Waals surface area contributed by atoms with Crippen molar-refractivity contribution in [3.63, 3.8) is 0 Å². The van der Waals surface area contributed by atoms with Crippen molar-refractivity contribution in [2.75, 3.05) is 0 Å². The third kappa shape index (κ3) is 1.70. The van der Waals surface area contributed by atoms with E-state index in [1.165, 1.54) is 19.3 Å². The van der Waals surface area contributed by atoms with Crippen molar-refractivity contribution in [2.24, 2.45) is 0 Å². The molecule has 0 bridgehead atoms. The van der Waals surface area contributed by atoms with Crippen LogP contribution in [-0.4, -0.2) is 13.8 Å². The Morgan fingerprint density at radius 1 is 1.00 bits per heavy atom. The molecule has 2 heteroatoms. The van der Waals surface area contributed by atoms with E-state index in [4.69, 9.17) is 0 Å². The third-order valence-corrected chi connectivity index (χ3v) is 4.37. The fourth-order valence-corrected chi connectivity index (χ4v) is 3.44. The first-order chi connectivity index (χ1) is 3.39. The molecule has 42 valence electrons. The second-order valence-corrected chi connectivity index (χ2v) is 5.47. The van der Waals surface area contributed by atoms with Crippen LogP contribution in [0.3, 0.4) is 0 Å². The molecule has 0 aliphatic carbocycles. The summed E-state index contributed by atoms with van der Waals surface area (Å²) in [5, 5.41) is 2.11. The van der Waals surface area contributed by atoms with E-state index in [2.05, 4.69) is 0 Å². The van der Waals surface area contributed by atoms with E-state index in [0.717, 1.165) is 10.6 Å². The molecule has 0 atom stereocenters. The summed E-state index contributed by atoms with van der Waals surface area (Å²) < 4.78 is 10.7. The molecule has 0 amide bonds. The zero-order valence-electron chi connectivity index (χ0n) is 4.35. The zero-order valence-corrected chi connectivity index (χ0v) is 6.07. The SMILES string of the molecule is O=[Se]1CCCCC1. The molecule has 1 aliphatic rings. The molecule has 0 aromatic heterocycles. The van der Waals surface area contributed by atoms with Gasteiger partial charge < -0.3 is 0 Å². The molecular formula is C5H10OSe. The molecule has 0 spiro atoms. The van der Waals surface area contributed by atoms with Crippen LogP contribution in [0.25, 0.3) is 0 Å². The Labute approximate surface area is 48.2 Å². The summed E-state index contributed by atoms with van der Waals surface area (Å²) >= 11 is -1.23. The van der Waals surface area contributed by atoms with E-state index >= 15 is 0 Å². The Bertz CT molecular complexity index is 72.1. The predicted molar refractivity (Wildman–Crippen MR) is 29.9 cm³/mol. The minimum absolute atomic E-state index is 1.06. The molecule has 0 saturated carbocycles. The van der Waals surface area contributed by atoms with Gasteiger partial charge in [-0.25, -0.2) is 0 Å². The predicted octanol–water partition coefficient (Wildman–Crippen LogP) is 1.59. The van der Waals surface area contributed by atoms with Gasteiger partial charge in [-0.3, -0.25) is 0 Å². The van der Waals surface area contributed by atoms with Crippen molar-refractivity contribution >= 4 is 13.8 Å². The number of hydrogen-bond donors (Lipinski definition) is 0. The van der Waals surface area contributed by atoms with Gasteiger partial charge in [0.05, 0.1) is 0 Å². The first-order valence-electron chi connectivity index (χ1n) is 2.74. The molecule has 0 radical (unpaired) electrons. The summed E-state index contributed by atoms with van der Waals surface area (Å²) in [6, 6.07) is 0. The average Bonchev–Trinajstić information content (AvgIpc) is 1.69. The molecule has 1 heterocycles. The van der Waals surface area contributed by atoms with Gasteiger partial charge in [-0.05, 0) is 0 Å². The molecule has 0 aromatic rings. The maximum absolute atomic E-state index is 10.7. The van der Waals surface area contributed by atoms with Crippen LogP contribution in [0.4, 0.5) is 0 Å². The summed E-state index contributed by atoms with van der Waals surface area (Å²) in [5.74, 6) is 0. The van der Waals surface area contributed by atoms with Crippen LogP contribution < -0.4 is 0 Å². The third-order valence-electron chi connectivity index (χ3n) is 1.24. The summed E-state index contributed by atoms with van der Waals surface area (Å²) in [7, 11) is 0. The normalized spacial score (nSPS) is 25.1. The van der Waals surface area contributed by atoms with Gasteiger partial charge in [0.15, 0.2) is 0 Å². The van der Waals surface area contributed by atoms with Crippen LogP contribution in [0.5, 0.6) is 0 Å². The van der Waals surface area contributed by atoms with Crippen molar-refractivity contribution in [3.05, 3.63) is 0 Å². The number of hydrogen-bond acceptors (Lipinski definition) is 1. The zero-order chi connectivity index (χ0) is 5.11. The van der Waals surface area contributed by atoms with E-state index in [1.54, 1.807) is 0 Å². The van der Waals surface area contributed by atoms with Gasteiger partial charge in [0.2, 0.25) is 0 Å². The van der Waals surface area contributed by atoms with Crippen LogP contribution in [0.2, 0.25) is 10.6 Å². The minimum atomic E-state index is -1.23. The Morgan fingerprint density at radius 2 is 1.57 bits per heavy atom. The van der Waals surface area contributed by atoms with Crippen LogP contribution in [0, 0.1) is 0 Å². The fourth-order valence-electron chi connectivity index (χ4n) is 0.805. The fraction of sp³-hybridized carbons (Fsp3) is 1.00. The summed E-state index contributed by atoms with van der Waals surface area (Å²) in [4.78, 5) is 0. The first kappa shape index (κ1) is 5.46. The maximum atomic E-state index is 10.7. The molecule has 0 unspecified atom stereocenters. The van der Waals surface area contributed by atoms with Gasteiger partial charge >= 0.3 is 47.6 Å². The van der Waals surface area contributed by atoms with E-state index in [-0.39, 0.29) is 0 Å². The van der Waals surface area contributed by atoms with Gasteiger partial charge in [0, 0.05) is 0 Å². The van der Waals surface area contributed by atoms with E-state index in [1.807, 2.05) is 0 Å². The molecule has 0 aromatic carbocycles. The van der Waals surface area contributed by atoms with Gasteiger partial charge in [-0.15, -0.1) is 0 Å². The second-order valence-electron chi connectivity index (χ2n) is 1.91. The molecule has 1 fully saturated rings. The van der Waals surface area contributed by atoms with E-state index < -0.39 is 13.8 Å². The monoisotopic (exact) mass is 166 g/mol. The summed E-state index contributed by atoms with van der Waals surface area (Å²) in [6.45, 7) is 0. The van der Waals surface area contributed by atoms with Crippen molar-refractivity contribution in [3.8, 4) is 0 Å². The Hall–Kier alpha value is 0.319. The topological polar surface area (TPSA) is 17.1 Å². The van der Waals surface area contributed by atoms with Crippen LogP contribution in [0.1, 0.15) is 19.3 Å². The summed E-state index contributed by atoms with van der Waals surface area (Å²) in [5.41, 5.74) is 0. The first-order valence-corrected chi connectivity index (χ1v) is 5.87. The van der Waals surface area contributed by atoms with E-state index in [9.17, 15) is 3.83 Å². The van der Waals surface area contributed by atoms with Crippen LogP contribution >= 0.6 is 0 Å². The second kappa shape index (κ2) is 2.58. The van der Waals surface area contributed by atoms with Gasteiger partial charge in [0.1, 0.15) is 0 Å². The number of rotatable bonds is 0.